The van der Waals surface area contributed by atoms with Gasteiger partial charge in [-0.1, -0.05) is 6.42 Å². The second-order valence-corrected chi connectivity index (χ2v) is 6.66. The van der Waals surface area contributed by atoms with E-state index in [-0.39, 0.29) is 0 Å². The summed E-state index contributed by atoms with van der Waals surface area (Å²) >= 11 is 0. The van der Waals surface area contributed by atoms with Crippen molar-refractivity contribution in [1.82, 2.24) is 19.9 Å². The Bertz CT molecular complexity index is 648. The number of ether oxygens (including phenoxy) is 1. The summed E-state index contributed by atoms with van der Waals surface area (Å²) in [7, 11) is 1.69. The fourth-order valence-corrected chi connectivity index (χ4v) is 3.46. The minimum Gasteiger partial charge on any atom is -0.384 e. The highest BCUT2D eigenvalue weighted by atomic mass is 16.5. The van der Waals surface area contributed by atoms with Crippen molar-refractivity contribution in [3.8, 4) is 0 Å². The van der Waals surface area contributed by atoms with Crippen LogP contribution in [0.15, 0.2) is 6.20 Å². The molecule has 0 aromatic carbocycles. The van der Waals surface area contributed by atoms with Crippen LogP contribution in [0.2, 0.25) is 0 Å². The van der Waals surface area contributed by atoms with E-state index in [9.17, 15) is 0 Å². The van der Waals surface area contributed by atoms with Crippen LogP contribution in [-0.2, 0) is 17.6 Å². The summed E-state index contributed by atoms with van der Waals surface area (Å²) in [5.74, 6) is 1.29. The number of nitrogens with one attached hydrogen (secondary N) is 1. The molecule has 0 bridgehead atoms. The van der Waals surface area contributed by atoms with Gasteiger partial charge in [0.1, 0.15) is 11.3 Å². The van der Waals surface area contributed by atoms with Crippen molar-refractivity contribution in [1.29, 1.82) is 0 Å². The molecule has 2 aromatic heterocycles. The number of unbranched alkanes of at least 4 members (excludes halogenated alkanes) is 2. The first-order valence-corrected chi connectivity index (χ1v) is 9.11. The molecular formula is C18H29N5O. The van der Waals surface area contributed by atoms with E-state index in [1.807, 2.05) is 6.20 Å². The number of rotatable bonds is 9. The van der Waals surface area contributed by atoms with Crippen LogP contribution in [-0.4, -0.2) is 53.2 Å². The first-order valence-electron chi connectivity index (χ1n) is 9.11. The molecular weight excluding hydrogens is 302 g/mol. The maximum absolute atomic E-state index is 6.06. The molecule has 24 heavy (non-hydrogen) atoms. The van der Waals surface area contributed by atoms with Crippen LogP contribution in [0.4, 0.5) is 5.82 Å². The van der Waals surface area contributed by atoms with Crippen molar-refractivity contribution in [2.24, 2.45) is 0 Å². The molecule has 0 radical (unpaired) electrons. The highest BCUT2D eigenvalue weighted by Gasteiger charge is 2.12. The third kappa shape index (κ3) is 4.24. The largest absolute Gasteiger partial charge is 0.384 e. The van der Waals surface area contributed by atoms with Crippen LogP contribution >= 0.6 is 0 Å². The fourth-order valence-electron chi connectivity index (χ4n) is 3.46. The van der Waals surface area contributed by atoms with Gasteiger partial charge in [-0.25, -0.2) is 9.97 Å². The Kier molecular flexibility index (Phi) is 6.04. The highest BCUT2D eigenvalue weighted by molar-refractivity contribution is 5.87. The molecule has 0 unspecified atom stereocenters. The number of hydrogen-bond acceptors (Lipinski definition) is 5. The summed E-state index contributed by atoms with van der Waals surface area (Å²) in [5.41, 5.74) is 9.15. The van der Waals surface area contributed by atoms with Gasteiger partial charge in [0.2, 0.25) is 0 Å². The molecule has 3 rings (SSSR count). The van der Waals surface area contributed by atoms with Gasteiger partial charge in [-0.3, -0.25) is 0 Å². The maximum atomic E-state index is 6.06. The first kappa shape index (κ1) is 17.2. The van der Waals surface area contributed by atoms with E-state index >= 15 is 0 Å². The van der Waals surface area contributed by atoms with E-state index in [1.165, 1.54) is 57.3 Å². The lowest BCUT2D eigenvalue weighted by atomic mass is 10.1. The fraction of sp³-hybridized carbons (Fsp3) is 0.667. The maximum Gasteiger partial charge on any atom is 0.151 e. The van der Waals surface area contributed by atoms with Crippen LogP contribution < -0.4 is 5.73 Å². The second kappa shape index (κ2) is 8.44. The molecule has 0 spiro atoms. The molecule has 3 heterocycles. The number of nitrogens with zero attached hydrogens (tertiary/aromatic N) is 3. The lowest BCUT2D eigenvalue weighted by Crippen LogP contribution is -2.20. The van der Waals surface area contributed by atoms with Crippen LogP contribution in [0.5, 0.6) is 0 Å². The highest BCUT2D eigenvalue weighted by Crippen LogP contribution is 2.22. The Balaban J connectivity index is 1.54. The lowest BCUT2D eigenvalue weighted by Gasteiger charge is -2.13. The van der Waals surface area contributed by atoms with Gasteiger partial charge in [-0.15, -0.1) is 0 Å². The molecule has 0 aliphatic carbocycles. The van der Waals surface area contributed by atoms with Gasteiger partial charge in [0.15, 0.2) is 5.82 Å². The van der Waals surface area contributed by atoms with Gasteiger partial charge < -0.3 is 20.4 Å². The summed E-state index contributed by atoms with van der Waals surface area (Å²) < 4.78 is 5.11. The van der Waals surface area contributed by atoms with Crippen molar-refractivity contribution in [2.45, 2.75) is 44.9 Å². The predicted molar refractivity (Wildman–Crippen MR) is 97.1 cm³/mol. The number of nitrogen functional groups attached to an aromatic ring is 1. The number of likely N-dealkylation sites (tertiary alicyclic amines) is 1. The lowest BCUT2D eigenvalue weighted by molar-refractivity contribution is 0.200. The molecule has 6 heteroatoms. The van der Waals surface area contributed by atoms with E-state index < -0.39 is 0 Å². The molecule has 1 saturated heterocycles. The Hall–Kier alpha value is -1.66. The van der Waals surface area contributed by atoms with E-state index in [0.717, 1.165) is 23.3 Å². The topological polar surface area (TPSA) is 80.1 Å². The number of aryl methyl sites for hydroxylation is 1. The number of aromatic amines is 1. The molecule has 132 valence electrons. The quantitative estimate of drug-likeness (QED) is 0.690. The number of fused-ring (bicyclic) bond motifs is 1. The predicted octanol–water partition coefficient (Wildman–Crippen LogP) is 2.54. The van der Waals surface area contributed by atoms with Gasteiger partial charge >= 0.3 is 0 Å². The molecule has 3 N–H and O–H groups in total. The van der Waals surface area contributed by atoms with Gasteiger partial charge in [0.05, 0.1) is 12.1 Å². The summed E-state index contributed by atoms with van der Waals surface area (Å²) in [6.45, 7) is 4.46. The van der Waals surface area contributed by atoms with Crippen molar-refractivity contribution in [2.75, 3.05) is 39.1 Å². The zero-order valence-electron chi connectivity index (χ0n) is 14.7. The Morgan fingerprint density at radius 2 is 2.00 bits per heavy atom. The molecule has 1 fully saturated rings. The molecule has 2 aromatic rings. The van der Waals surface area contributed by atoms with Crippen molar-refractivity contribution < 1.29 is 4.74 Å². The van der Waals surface area contributed by atoms with Crippen molar-refractivity contribution >= 4 is 16.9 Å². The van der Waals surface area contributed by atoms with Crippen molar-refractivity contribution in [3.05, 3.63) is 17.6 Å². The molecule has 0 saturated carbocycles. The minimum atomic E-state index is 0.534. The number of nitrogens with two attached hydrogens (primary N) is 1. The number of aromatic nitrogens is 3. The van der Waals surface area contributed by atoms with Crippen LogP contribution in [0.25, 0.3) is 11.0 Å². The van der Waals surface area contributed by atoms with E-state index in [4.69, 9.17) is 10.5 Å². The average molecular weight is 331 g/mol. The van der Waals surface area contributed by atoms with Crippen LogP contribution in [0, 0.1) is 0 Å². The van der Waals surface area contributed by atoms with Crippen LogP contribution in [0.1, 0.15) is 43.5 Å². The SMILES string of the molecule is COCCc1nc(N)c2[nH]cc(CCCCCN3CCCC3)c2n1. The normalized spacial score (nSPS) is 15.5. The monoisotopic (exact) mass is 331 g/mol. The van der Waals surface area contributed by atoms with E-state index in [0.29, 0.717) is 18.8 Å². The summed E-state index contributed by atoms with van der Waals surface area (Å²) in [6, 6.07) is 0. The zero-order chi connectivity index (χ0) is 16.8. The third-order valence-corrected chi connectivity index (χ3v) is 4.83. The second-order valence-electron chi connectivity index (χ2n) is 6.66. The van der Waals surface area contributed by atoms with E-state index in [2.05, 4.69) is 19.9 Å². The zero-order valence-corrected chi connectivity index (χ0v) is 14.7. The minimum absolute atomic E-state index is 0.534. The van der Waals surface area contributed by atoms with Gasteiger partial charge in [0.25, 0.3) is 0 Å². The molecule has 0 amide bonds. The number of anilines is 1. The van der Waals surface area contributed by atoms with E-state index in [1.54, 1.807) is 7.11 Å². The molecule has 1 aliphatic heterocycles. The van der Waals surface area contributed by atoms with Gasteiger partial charge in [0, 0.05) is 19.7 Å². The molecule has 6 nitrogen and oxygen atoms in total. The molecule has 0 atom stereocenters. The smallest absolute Gasteiger partial charge is 0.151 e. The Morgan fingerprint density at radius 1 is 1.17 bits per heavy atom. The average Bonchev–Trinajstić information content (AvgIpc) is 3.23. The summed E-state index contributed by atoms with van der Waals surface area (Å²) in [5, 5.41) is 0. The first-order chi connectivity index (χ1) is 11.8. The number of hydrogen-bond donors (Lipinski definition) is 2. The van der Waals surface area contributed by atoms with Gasteiger partial charge in [-0.2, -0.15) is 0 Å². The Labute approximate surface area is 143 Å². The summed E-state index contributed by atoms with van der Waals surface area (Å²) in [4.78, 5) is 14.9. The number of H-pyrrole nitrogens is 1. The molecule has 1 aliphatic rings. The Morgan fingerprint density at radius 3 is 2.79 bits per heavy atom. The van der Waals surface area contributed by atoms with Gasteiger partial charge in [-0.05, 0) is 57.3 Å². The van der Waals surface area contributed by atoms with Crippen molar-refractivity contribution in [3.63, 3.8) is 0 Å². The van der Waals surface area contributed by atoms with Crippen LogP contribution in [0.3, 0.4) is 0 Å². The summed E-state index contributed by atoms with van der Waals surface area (Å²) in [6.07, 6.45) is 10.3. The standard InChI is InChI=1S/C18H29N5O/c1-24-12-8-15-21-16-14(13-20-17(16)18(19)22-15)7-3-2-4-9-23-10-5-6-11-23/h13,20H,2-12H2,1H3,(H2,19,21,22). The third-order valence-electron chi connectivity index (χ3n) is 4.83. The number of methoxy groups -OCH3 is 1.